The monoisotopic (exact) mass is 319 g/mol. The van der Waals surface area contributed by atoms with E-state index in [1.807, 2.05) is 17.0 Å². The summed E-state index contributed by atoms with van der Waals surface area (Å²) < 4.78 is 0. The number of tetrazole rings is 1. The van der Waals surface area contributed by atoms with Gasteiger partial charge in [-0.05, 0) is 30.2 Å². The van der Waals surface area contributed by atoms with E-state index in [2.05, 4.69) is 15.4 Å². The van der Waals surface area contributed by atoms with E-state index in [-0.39, 0.29) is 12.5 Å². The molecule has 0 N–H and O–H groups in total. The number of hydrogen-bond donors (Lipinski definition) is 0. The Labute approximate surface area is 134 Å². The first-order valence-electron chi connectivity index (χ1n) is 7.54. The molecule has 1 aliphatic heterocycles. The minimum atomic E-state index is 0.0527. The van der Waals surface area contributed by atoms with Gasteiger partial charge in [0.1, 0.15) is 6.54 Å². The smallest absolute Gasteiger partial charge is 0.246 e. The van der Waals surface area contributed by atoms with Crippen LogP contribution < -0.4 is 0 Å². The summed E-state index contributed by atoms with van der Waals surface area (Å²) in [5.41, 5.74) is 0.793. The molecule has 1 aliphatic rings. The molecule has 2 heterocycles. The molecule has 0 unspecified atom stereocenters. The molecule has 0 atom stereocenters. The summed E-state index contributed by atoms with van der Waals surface area (Å²) in [6.45, 7) is 1.79. The number of carbonyl (C=O) groups is 1. The maximum absolute atomic E-state index is 12.3. The predicted molar refractivity (Wildman–Crippen MR) is 83.3 cm³/mol. The minimum Gasteiger partial charge on any atom is -0.341 e. The van der Waals surface area contributed by atoms with Crippen LogP contribution in [0.25, 0.3) is 11.4 Å². The molecule has 116 valence electrons. The lowest BCUT2D eigenvalue weighted by Crippen LogP contribution is -2.35. The van der Waals surface area contributed by atoms with E-state index >= 15 is 0 Å². The van der Waals surface area contributed by atoms with E-state index < -0.39 is 0 Å². The molecule has 1 aromatic heterocycles. The zero-order valence-electron chi connectivity index (χ0n) is 12.3. The summed E-state index contributed by atoms with van der Waals surface area (Å²) in [5, 5.41) is 12.9. The second kappa shape index (κ2) is 6.87. The maximum atomic E-state index is 12.3. The summed E-state index contributed by atoms with van der Waals surface area (Å²) in [7, 11) is 0. The van der Waals surface area contributed by atoms with Crippen molar-refractivity contribution in [1.29, 1.82) is 0 Å². The molecular formula is C15H18ClN5O. The topological polar surface area (TPSA) is 63.9 Å². The highest BCUT2D eigenvalue weighted by Gasteiger charge is 2.17. The molecule has 0 aliphatic carbocycles. The van der Waals surface area contributed by atoms with Gasteiger partial charge in [0.15, 0.2) is 0 Å². The summed E-state index contributed by atoms with van der Waals surface area (Å²) >= 11 is 5.96. The molecule has 7 heteroatoms. The van der Waals surface area contributed by atoms with E-state index in [9.17, 15) is 4.79 Å². The lowest BCUT2D eigenvalue weighted by Gasteiger charge is -2.19. The number of nitrogens with zero attached hydrogens (tertiary/aromatic N) is 5. The van der Waals surface area contributed by atoms with E-state index in [4.69, 9.17) is 11.6 Å². The number of rotatable bonds is 3. The molecule has 0 bridgehead atoms. The Hall–Kier alpha value is -1.95. The van der Waals surface area contributed by atoms with Crippen molar-refractivity contribution in [1.82, 2.24) is 25.1 Å². The Balaban J connectivity index is 1.67. The highest BCUT2D eigenvalue weighted by Crippen LogP contribution is 2.18. The van der Waals surface area contributed by atoms with Crippen molar-refractivity contribution in [3.8, 4) is 11.4 Å². The van der Waals surface area contributed by atoms with E-state index in [0.717, 1.165) is 31.5 Å². The zero-order valence-corrected chi connectivity index (χ0v) is 13.0. The van der Waals surface area contributed by atoms with Gasteiger partial charge in [0.2, 0.25) is 11.7 Å². The van der Waals surface area contributed by atoms with Crippen LogP contribution >= 0.6 is 11.6 Å². The Kier molecular flexibility index (Phi) is 4.68. The molecule has 1 fully saturated rings. The molecule has 22 heavy (non-hydrogen) atoms. The first-order valence-corrected chi connectivity index (χ1v) is 7.92. The van der Waals surface area contributed by atoms with E-state index in [0.29, 0.717) is 10.8 Å². The third-order valence-corrected chi connectivity index (χ3v) is 4.01. The van der Waals surface area contributed by atoms with Gasteiger partial charge in [-0.15, -0.1) is 10.2 Å². The zero-order chi connectivity index (χ0) is 15.4. The first-order chi connectivity index (χ1) is 10.7. The number of hydrogen-bond acceptors (Lipinski definition) is 4. The third kappa shape index (κ3) is 3.62. The van der Waals surface area contributed by atoms with Crippen molar-refractivity contribution in [3.05, 3.63) is 29.3 Å². The van der Waals surface area contributed by atoms with Crippen molar-refractivity contribution in [3.63, 3.8) is 0 Å². The third-order valence-electron chi connectivity index (χ3n) is 3.77. The Morgan fingerprint density at radius 2 is 1.95 bits per heavy atom. The van der Waals surface area contributed by atoms with Crippen molar-refractivity contribution in [2.24, 2.45) is 0 Å². The van der Waals surface area contributed by atoms with Crippen LogP contribution in [0.1, 0.15) is 25.7 Å². The molecule has 0 spiro atoms. The van der Waals surface area contributed by atoms with Crippen LogP contribution in [-0.4, -0.2) is 44.1 Å². The average Bonchev–Trinajstić information content (AvgIpc) is 2.80. The second-order valence-electron chi connectivity index (χ2n) is 5.45. The highest BCUT2D eigenvalue weighted by atomic mass is 35.5. The molecule has 1 aromatic carbocycles. The summed E-state index contributed by atoms with van der Waals surface area (Å²) in [5.74, 6) is 0.531. The molecule has 2 aromatic rings. The Morgan fingerprint density at radius 1 is 1.18 bits per heavy atom. The molecule has 3 rings (SSSR count). The van der Waals surface area contributed by atoms with Crippen LogP contribution in [0.4, 0.5) is 0 Å². The first kappa shape index (κ1) is 15.0. The second-order valence-corrected chi connectivity index (χ2v) is 5.89. The normalized spacial score (nSPS) is 15.6. The summed E-state index contributed by atoms with van der Waals surface area (Å²) in [6.07, 6.45) is 4.54. The van der Waals surface area contributed by atoms with Gasteiger partial charge < -0.3 is 4.90 Å². The van der Waals surface area contributed by atoms with Gasteiger partial charge in [0.25, 0.3) is 0 Å². The quantitative estimate of drug-likeness (QED) is 0.871. The summed E-state index contributed by atoms with van der Waals surface area (Å²) in [4.78, 5) is 15.5. The van der Waals surface area contributed by atoms with Crippen molar-refractivity contribution in [2.75, 3.05) is 13.1 Å². The van der Waals surface area contributed by atoms with Gasteiger partial charge in [-0.2, -0.15) is 4.80 Å². The number of aromatic nitrogens is 4. The number of benzene rings is 1. The van der Waals surface area contributed by atoms with Crippen LogP contribution in [0.5, 0.6) is 0 Å². The Morgan fingerprint density at radius 3 is 2.68 bits per heavy atom. The number of amides is 1. The van der Waals surface area contributed by atoms with Gasteiger partial charge in [-0.1, -0.05) is 36.6 Å². The number of halogens is 1. The largest absolute Gasteiger partial charge is 0.341 e. The van der Waals surface area contributed by atoms with Crippen LogP contribution in [0.2, 0.25) is 5.02 Å². The van der Waals surface area contributed by atoms with Crippen molar-refractivity contribution in [2.45, 2.75) is 32.2 Å². The van der Waals surface area contributed by atoms with E-state index in [1.54, 1.807) is 12.1 Å². The lowest BCUT2D eigenvalue weighted by molar-refractivity contribution is -0.132. The number of likely N-dealkylation sites (tertiary alicyclic amines) is 1. The number of carbonyl (C=O) groups excluding carboxylic acids is 1. The fourth-order valence-electron chi connectivity index (χ4n) is 2.59. The van der Waals surface area contributed by atoms with Gasteiger partial charge in [-0.3, -0.25) is 4.79 Å². The molecule has 0 saturated carbocycles. The molecule has 1 saturated heterocycles. The van der Waals surface area contributed by atoms with Gasteiger partial charge in [0, 0.05) is 23.7 Å². The molecule has 1 amide bonds. The summed E-state index contributed by atoms with van der Waals surface area (Å²) in [6, 6.07) is 7.27. The maximum Gasteiger partial charge on any atom is 0.246 e. The van der Waals surface area contributed by atoms with Gasteiger partial charge in [0.05, 0.1) is 0 Å². The SMILES string of the molecule is O=C(Cn1nnc(-c2cccc(Cl)c2)n1)N1CCCCCC1. The molecular weight excluding hydrogens is 302 g/mol. The van der Waals surface area contributed by atoms with Crippen LogP contribution in [0, 0.1) is 0 Å². The van der Waals surface area contributed by atoms with Crippen LogP contribution in [-0.2, 0) is 11.3 Å². The lowest BCUT2D eigenvalue weighted by atomic mass is 10.2. The van der Waals surface area contributed by atoms with Gasteiger partial charge in [-0.25, -0.2) is 0 Å². The average molecular weight is 320 g/mol. The van der Waals surface area contributed by atoms with Gasteiger partial charge >= 0.3 is 0 Å². The molecule has 0 radical (unpaired) electrons. The highest BCUT2D eigenvalue weighted by molar-refractivity contribution is 6.30. The predicted octanol–water partition coefficient (Wildman–Crippen LogP) is 2.40. The standard InChI is InChI=1S/C15H18ClN5O/c16-13-7-5-6-12(10-13)15-17-19-21(18-15)11-14(22)20-8-3-1-2-4-9-20/h5-7,10H,1-4,8-9,11H2. The van der Waals surface area contributed by atoms with Crippen molar-refractivity contribution < 1.29 is 4.79 Å². The van der Waals surface area contributed by atoms with Crippen LogP contribution in [0.3, 0.4) is 0 Å². The fourth-order valence-corrected chi connectivity index (χ4v) is 2.78. The van der Waals surface area contributed by atoms with Crippen molar-refractivity contribution >= 4 is 17.5 Å². The van der Waals surface area contributed by atoms with Crippen LogP contribution in [0.15, 0.2) is 24.3 Å². The molecule has 6 nitrogen and oxygen atoms in total. The van der Waals surface area contributed by atoms with E-state index in [1.165, 1.54) is 17.6 Å². The fraction of sp³-hybridized carbons (Fsp3) is 0.467. The Bertz CT molecular complexity index is 649. The minimum absolute atomic E-state index is 0.0527.